The fourth-order valence-electron chi connectivity index (χ4n) is 2.38. The lowest BCUT2D eigenvalue weighted by Gasteiger charge is -2.30. The van der Waals surface area contributed by atoms with Crippen LogP contribution >= 0.6 is 11.6 Å². The first kappa shape index (κ1) is 17.9. The minimum atomic E-state index is -0.0147. The van der Waals surface area contributed by atoms with Crippen LogP contribution in [-0.4, -0.2) is 44.8 Å². The third-order valence-electron chi connectivity index (χ3n) is 4.14. The lowest BCUT2D eigenvalue weighted by molar-refractivity contribution is -0.120. The van der Waals surface area contributed by atoms with Gasteiger partial charge < -0.3 is 20.3 Å². The largest absolute Gasteiger partial charge is 0.378 e. The van der Waals surface area contributed by atoms with Crippen molar-refractivity contribution in [3.8, 4) is 0 Å². The van der Waals surface area contributed by atoms with E-state index in [1.54, 1.807) is 0 Å². The molecule has 1 aromatic rings. The molecule has 0 spiro atoms. The monoisotopic (exact) mass is 339 g/mol. The molecule has 1 fully saturated rings. The van der Waals surface area contributed by atoms with Crippen molar-refractivity contribution in [3.05, 3.63) is 23.2 Å². The Morgan fingerprint density at radius 3 is 2.65 bits per heavy atom. The molecular weight excluding hydrogens is 314 g/mol. The van der Waals surface area contributed by atoms with Gasteiger partial charge in [-0.25, -0.2) is 0 Å². The van der Waals surface area contributed by atoms with Crippen molar-refractivity contribution in [3.63, 3.8) is 0 Å². The molecule has 1 unspecified atom stereocenters. The first-order valence-electron chi connectivity index (χ1n) is 8.13. The Balaban J connectivity index is 2.00. The van der Waals surface area contributed by atoms with Gasteiger partial charge in [-0.15, -0.1) is 0 Å². The quantitative estimate of drug-likeness (QED) is 0.836. The number of ether oxygens (including phenoxy) is 1. The normalized spacial score (nSPS) is 16.3. The Hall–Kier alpha value is -1.46. The molecule has 2 rings (SSSR count). The summed E-state index contributed by atoms with van der Waals surface area (Å²) in [6, 6.07) is 5.89. The number of anilines is 2. The van der Waals surface area contributed by atoms with Crippen molar-refractivity contribution in [1.82, 2.24) is 5.32 Å². The smallest absolute Gasteiger partial charge is 0.239 e. The molecule has 128 valence electrons. The van der Waals surface area contributed by atoms with E-state index in [0.29, 0.717) is 24.2 Å². The number of nitrogens with one attached hydrogen (secondary N) is 2. The zero-order valence-electron chi connectivity index (χ0n) is 14.1. The van der Waals surface area contributed by atoms with E-state index in [0.717, 1.165) is 24.5 Å². The van der Waals surface area contributed by atoms with Crippen LogP contribution in [0.2, 0.25) is 5.02 Å². The SMILES string of the molecule is CC(C)C(C)NC(=O)CNc1cc(Cl)ccc1N1CCOCC1. The molecule has 0 aromatic heterocycles. The second-order valence-corrected chi connectivity index (χ2v) is 6.65. The number of rotatable bonds is 6. The number of morpholine rings is 1. The number of nitrogens with zero attached hydrogens (tertiary/aromatic N) is 1. The second-order valence-electron chi connectivity index (χ2n) is 6.21. The minimum Gasteiger partial charge on any atom is -0.378 e. The van der Waals surface area contributed by atoms with Crippen LogP contribution in [0.4, 0.5) is 11.4 Å². The molecule has 1 heterocycles. The van der Waals surface area contributed by atoms with Gasteiger partial charge in [-0.3, -0.25) is 4.79 Å². The average Bonchev–Trinajstić information content (AvgIpc) is 2.53. The van der Waals surface area contributed by atoms with Gasteiger partial charge in [-0.2, -0.15) is 0 Å². The van der Waals surface area contributed by atoms with Gasteiger partial charge in [0.05, 0.1) is 31.1 Å². The number of carbonyl (C=O) groups is 1. The molecule has 1 aromatic carbocycles. The number of benzene rings is 1. The zero-order valence-corrected chi connectivity index (χ0v) is 14.8. The highest BCUT2D eigenvalue weighted by molar-refractivity contribution is 6.31. The summed E-state index contributed by atoms with van der Waals surface area (Å²) in [5.41, 5.74) is 1.94. The number of halogens is 1. The molecule has 2 N–H and O–H groups in total. The second kappa shape index (κ2) is 8.41. The molecule has 0 aliphatic carbocycles. The third-order valence-corrected chi connectivity index (χ3v) is 4.37. The van der Waals surface area contributed by atoms with Gasteiger partial charge in [0.2, 0.25) is 5.91 Å². The number of hydrogen-bond donors (Lipinski definition) is 2. The molecule has 1 saturated heterocycles. The van der Waals surface area contributed by atoms with E-state index in [9.17, 15) is 4.79 Å². The van der Waals surface area contributed by atoms with E-state index < -0.39 is 0 Å². The highest BCUT2D eigenvalue weighted by Gasteiger charge is 2.16. The number of carbonyl (C=O) groups excluding carboxylic acids is 1. The standard InChI is InChI=1S/C17H26ClN3O2/c1-12(2)13(3)20-17(22)11-19-15-10-14(18)4-5-16(15)21-6-8-23-9-7-21/h4-5,10,12-13,19H,6-9,11H2,1-3H3,(H,20,22). The molecule has 5 nitrogen and oxygen atoms in total. The molecule has 0 bridgehead atoms. The Morgan fingerprint density at radius 2 is 2.00 bits per heavy atom. The van der Waals surface area contributed by atoms with Crippen LogP contribution in [0.5, 0.6) is 0 Å². The highest BCUT2D eigenvalue weighted by atomic mass is 35.5. The summed E-state index contributed by atoms with van der Waals surface area (Å²) in [5, 5.41) is 6.86. The van der Waals surface area contributed by atoms with Gasteiger partial charge >= 0.3 is 0 Å². The minimum absolute atomic E-state index is 0.0147. The van der Waals surface area contributed by atoms with E-state index >= 15 is 0 Å². The molecule has 6 heteroatoms. The maximum Gasteiger partial charge on any atom is 0.239 e. The van der Waals surface area contributed by atoms with Gasteiger partial charge in [-0.1, -0.05) is 25.4 Å². The Bertz CT molecular complexity index is 531. The topological polar surface area (TPSA) is 53.6 Å². The average molecular weight is 340 g/mol. The fourth-order valence-corrected chi connectivity index (χ4v) is 2.55. The van der Waals surface area contributed by atoms with Crippen molar-refractivity contribution >= 4 is 28.9 Å². The van der Waals surface area contributed by atoms with Gasteiger partial charge in [0.1, 0.15) is 0 Å². The van der Waals surface area contributed by atoms with E-state index in [2.05, 4.69) is 29.4 Å². The van der Waals surface area contributed by atoms with Crippen LogP contribution in [0.15, 0.2) is 18.2 Å². The summed E-state index contributed by atoms with van der Waals surface area (Å²) in [4.78, 5) is 14.3. The Labute approximate surface area is 143 Å². The Kier molecular flexibility index (Phi) is 6.54. The predicted molar refractivity (Wildman–Crippen MR) is 95.4 cm³/mol. The first-order valence-corrected chi connectivity index (χ1v) is 8.50. The molecular formula is C17H26ClN3O2. The zero-order chi connectivity index (χ0) is 16.8. The summed E-state index contributed by atoms with van der Waals surface area (Å²) in [6.07, 6.45) is 0. The maximum absolute atomic E-state index is 12.1. The van der Waals surface area contributed by atoms with E-state index in [1.807, 2.05) is 25.1 Å². The summed E-state index contributed by atoms with van der Waals surface area (Å²) in [6.45, 7) is 9.54. The maximum atomic E-state index is 12.1. The van der Waals surface area contributed by atoms with Crippen LogP contribution in [0, 0.1) is 5.92 Å². The fraction of sp³-hybridized carbons (Fsp3) is 0.588. The third kappa shape index (κ3) is 5.29. The lowest BCUT2D eigenvalue weighted by Crippen LogP contribution is -2.40. The van der Waals surface area contributed by atoms with Crippen molar-refractivity contribution in [2.75, 3.05) is 43.1 Å². The van der Waals surface area contributed by atoms with Crippen LogP contribution in [0.25, 0.3) is 0 Å². The Morgan fingerprint density at radius 1 is 1.30 bits per heavy atom. The summed E-state index contributed by atoms with van der Waals surface area (Å²) >= 11 is 6.11. The molecule has 0 radical (unpaired) electrons. The van der Waals surface area contributed by atoms with Crippen LogP contribution < -0.4 is 15.5 Å². The highest BCUT2D eigenvalue weighted by Crippen LogP contribution is 2.29. The predicted octanol–water partition coefficient (Wildman–Crippen LogP) is 2.75. The molecule has 1 atom stereocenters. The van der Waals surface area contributed by atoms with Crippen LogP contribution in [0.1, 0.15) is 20.8 Å². The number of hydrogen-bond acceptors (Lipinski definition) is 4. The van der Waals surface area contributed by atoms with Crippen LogP contribution in [0.3, 0.4) is 0 Å². The van der Waals surface area contributed by atoms with Gasteiger partial charge in [0.15, 0.2) is 0 Å². The molecule has 1 amide bonds. The number of amides is 1. The van der Waals surface area contributed by atoms with E-state index in [4.69, 9.17) is 16.3 Å². The summed E-state index contributed by atoms with van der Waals surface area (Å²) in [7, 11) is 0. The van der Waals surface area contributed by atoms with Crippen molar-refractivity contribution in [2.45, 2.75) is 26.8 Å². The van der Waals surface area contributed by atoms with Crippen molar-refractivity contribution in [1.29, 1.82) is 0 Å². The molecule has 1 aliphatic heterocycles. The summed E-state index contributed by atoms with van der Waals surface area (Å²) < 4.78 is 5.40. The van der Waals surface area contributed by atoms with Crippen LogP contribution in [-0.2, 0) is 9.53 Å². The van der Waals surface area contributed by atoms with Gasteiger partial charge in [0.25, 0.3) is 0 Å². The van der Waals surface area contributed by atoms with Crippen molar-refractivity contribution < 1.29 is 9.53 Å². The summed E-state index contributed by atoms with van der Waals surface area (Å²) in [5.74, 6) is 0.396. The molecule has 23 heavy (non-hydrogen) atoms. The van der Waals surface area contributed by atoms with E-state index in [-0.39, 0.29) is 18.5 Å². The van der Waals surface area contributed by atoms with E-state index in [1.165, 1.54) is 0 Å². The lowest BCUT2D eigenvalue weighted by atomic mass is 10.1. The van der Waals surface area contributed by atoms with Gasteiger partial charge in [0, 0.05) is 24.2 Å². The molecule has 0 saturated carbocycles. The van der Waals surface area contributed by atoms with Crippen molar-refractivity contribution in [2.24, 2.45) is 5.92 Å². The molecule has 1 aliphatic rings. The first-order chi connectivity index (χ1) is 11.0. The van der Waals surface area contributed by atoms with Gasteiger partial charge in [-0.05, 0) is 31.0 Å².